The van der Waals surface area contributed by atoms with Crippen molar-refractivity contribution in [3.8, 4) is 11.5 Å². The first-order valence-electron chi connectivity index (χ1n) is 8.71. The third-order valence-corrected chi connectivity index (χ3v) is 5.49. The number of rotatable bonds is 7. The molecule has 0 unspecified atom stereocenters. The van der Waals surface area contributed by atoms with Crippen LogP contribution in [0.15, 0.2) is 42.5 Å². The summed E-state index contributed by atoms with van der Waals surface area (Å²) in [7, 11) is -3.76. The molecule has 1 N–H and O–H groups in total. The smallest absolute Gasteiger partial charge is 0.244 e. The van der Waals surface area contributed by atoms with E-state index >= 15 is 0 Å². The molecule has 0 bridgehead atoms. The van der Waals surface area contributed by atoms with Gasteiger partial charge in [-0.3, -0.25) is 9.10 Å². The van der Waals surface area contributed by atoms with Crippen LogP contribution in [-0.4, -0.2) is 33.4 Å². The number of ether oxygens (including phenoxy) is 2. The van der Waals surface area contributed by atoms with Crippen LogP contribution in [0.25, 0.3) is 0 Å². The van der Waals surface area contributed by atoms with E-state index in [0.717, 1.165) is 28.3 Å². The van der Waals surface area contributed by atoms with Gasteiger partial charge in [0, 0.05) is 6.54 Å². The molecule has 0 aromatic heterocycles. The molecule has 0 fully saturated rings. The quantitative estimate of drug-likeness (QED) is 0.761. The van der Waals surface area contributed by atoms with Crippen LogP contribution in [0.5, 0.6) is 11.5 Å². The number of nitrogens with zero attached hydrogens (tertiary/aromatic N) is 1. The summed E-state index contributed by atoms with van der Waals surface area (Å²) in [5.74, 6) is 0.302. The summed E-state index contributed by atoms with van der Waals surface area (Å²) in [4.78, 5) is 12.8. The molecule has 1 aliphatic heterocycles. The minimum absolute atomic E-state index is 0.157. The molecule has 1 atom stereocenters. The minimum Gasteiger partial charge on any atom is -0.454 e. The van der Waals surface area contributed by atoms with E-state index in [9.17, 15) is 17.6 Å². The lowest BCUT2D eigenvalue weighted by Crippen LogP contribution is -2.49. The normalized spacial score (nSPS) is 13.8. The Labute approximate surface area is 163 Å². The predicted octanol–water partition coefficient (Wildman–Crippen LogP) is 2.42. The van der Waals surface area contributed by atoms with Gasteiger partial charge in [-0.2, -0.15) is 0 Å². The van der Waals surface area contributed by atoms with Crippen LogP contribution < -0.4 is 19.1 Å². The molecule has 0 saturated carbocycles. The first-order chi connectivity index (χ1) is 13.3. The number of hydrogen-bond acceptors (Lipinski definition) is 5. The molecule has 0 radical (unpaired) electrons. The molecule has 0 spiro atoms. The van der Waals surface area contributed by atoms with Crippen LogP contribution in [0, 0.1) is 5.82 Å². The van der Waals surface area contributed by atoms with Crippen molar-refractivity contribution in [1.82, 2.24) is 5.32 Å². The van der Waals surface area contributed by atoms with Crippen LogP contribution in [0.4, 0.5) is 10.1 Å². The lowest BCUT2D eigenvalue weighted by Gasteiger charge is -2.30. The van der Waals surface area contributed by atoms with E-state index in [1.165, 1.54) is 12.1 Å². The van der Waals surface area contributed by atoms with Gasteiger partial charge in [0.25, 0.3) is 0 Å². The molecule has 0 aliphatic carbocycles. The van der Waals surface area contributed by atoms with Gasteiger partial charge in [0.15, 0.2) is 11.5 Å². The highest BCUT2D eigenvalue weighted by atomic mass is 32.2. The Bertz CT molecular complexity index is 963. The molecule has 1 aliphatic rings. The van der Waals surface area contributed by atoms with E-state index in [2.05, 4.69) is 5.32 Å². The summed E-state index contributed by atoms with van der Waals surface area (Å²) < 4.78 is 49.5. The minimum atomic E-state index is -3.76. The SMILES string of the molecule is CC[C@@H](C(=O)NCc1ccc2c(c1)OCO2)N(c1ccc(F)cc1)S(C)(=O)=O. The van der Waals surface area contributed by atoms with Crippen molar-refractivity contribution in [1.29, 1.82) is 0 Å². The fourth-order valence-corrected chi connectivity index (χ4v) is 4.22. The highest BCUT2D eigenvalue weighted by molar-refractivity contribution is 7.92. The summed E-state index contributed by atoms with van der Waals surface area (Å²) in [5.41, 5.74) is 1.02. The monoisotopic (exact) mass is 408 g/mol. The van der Waals surface area contributed by atoms with Crippen molar-refractivity contribution in [2.24, 2.45) is 0 Å². The van der Waals surface area contributed by atoms with Gasteiger partial charge in [-0.15, -0.1) is 0 Å². The molecular weight excluding hydrogens is 387 g/mol. The average Bonchev–Trinajstić information content (AvgIpc) is 3.12. The van der Waals surface area contributed by atoms with Gasteiger partial charge in [-0.25, -0.2) is 12.8 Å². The van der Waals surface area contributed by atoms with Crippen LogP contribution in [0.1, 0.15) is 18.9 Å². The summed E-state index contributed by atoms with van der Waals surface area (Å²) in [6, 6.07) is 9.34. The number of hydrogen-bond donors (Lipinski definition) is 1. The molecule has 2 aromatic carbocycles. The lowest BCUT2D eigenvalue weighted by atomic mass is 10.1. The summed E-state index contributed by atoms with van der Waals surface area (Å²) >= 11 is 0. The van der Waals surface area contributed by atoms with Crippen molar-refractivity contribution in [3.63, 3.8) is 0 Å². The number of nitrogens with one attached hydrogen (secondary N) is 1. The molecule has 9 heteroatoms. The van der Waals surface area contributed by atoms with Gasteiger partial charge in [0.1, 0.15) is 11.9 Å². The molecule has 0 saturated heterocycles. The Hall–Kier alpha value is -2.81. The van der Waals surface area contributed by atoms with Crippen LogP contribution in [-0.2, 0) is 21.4 Å². The number of benzene rings is 2. The molecule has 3 rings (SSSR count). The molecular formula is C19H21FN2O5S. The second-order valence-corrected chi connectivity index (χ2v) is 8.22. The Kier molecular flexibility index (Phi) is 5.73. The van der Waals surface area contributed by atoms with Crippen LogP contribution in [0.3, 0.4) is 0 Å². The highest BCUT2D eigenvalue weighted by Crippen LogP contribution is 2.32. The number of carbonyl (C=O) groups excluding carboxylic acids is 1. The van der Waals surface area contributed by atoms with E-state index in [0.29, 0.717) is 11.5 Å². The van der Waals surface area contributed by atoms with Crippen LogP contribution >= 0.6 is 0 Å². The highest BCUT2D eigenvalue weighted by Gasteiger charge is 2.31. The van der Waals surface area contributed by atoms with E-state index in [-0.39, 0.29) is 25.4 Å². The van der Waals surface area contributed by atoms with Gasteiger partial charge < -0.3 is 14.8 Å². The predicted molar refractivity (Wildman–Crippen MR) is 102 cm³/mol. The number of sulfonamides is 1. The Morgan fingerprint density at radius 2 is 1.86 bits per heavy atom. The standard InChI is InChI=1S/C19H21FN2O5S/c1-3-16(22(28(2,24)25)15-7-5-14(20)6-8-15)19(23)21-11-13-4-9-17-18(10-13)27-12-26-17/h4-10,16H,3,11-12H2,1-2H3,(H,21,23)/t16-/m0/s1. The van der Waals surface area contributed by atoms with E-state index in [4.69, 9.17) is 9.47 Å². The topological polar surface area (TPSA) is 84.9 Å². The Morgan fingerprint density at radius 3 is 2.50 bits per heavy atom. The van der Waals surface area contributed by atoms with E-state index in [1.54, 1.807) is 25.1 Å². The molecule has 1 heterocycles. The number of carbonyl (C=O) groups is 1. The zero-order valence-corrected chi connectivity index (χ0v) is 16.3. The molecule has 2 aromatic rings. The van der Waals surface area contributed by atoms with E-state index < -0.39 is 27.8 Å². The fraction of sp³-hybridized carbons (Fsp3) is 0.316. The maximum absolute atomic E-state index is 13.2. The molecule has 150 valence electrons. The average molecular weight is 408 g/mol. The summed E-state index contributed by atoms with van der Waals surface area (Å²) in [6.45, 7) is 2.07. The first-order valence-corrected chi connectivity index (χ1v) is 10.6. The van der Waals surface area contributed by atoms with Crippen molar-refractivity contribution < 1.29 is 27.1 Å². The molecule has 7 nitrogen and oxygen atoms in total. The Balaban J connectivity index is 1.77. The third-order valence-electron chi connectivity index (χ3n) is 4.31. The number of anilines is 1. The van der Waals surface area contributed by atoms with Gasteiger partial charge in [-0.05, 0) is 48.4 Å². The van der Waals surface area contributed by atoms with Gasteiger partial charge >= 0.3 is 0 Å². The lowest BCUT2D eigenvalue weighted by molar-refractivity contribution is -0.122. The third kappa shape index (κ3) is 4.36. The van der Waals surface area contributed by atoms with Crippen LogP contribution in [0.2, 0.25) is 0 Å². The maximum atomic E-state index is 13.2. The van der Waals surface area contributed by atoms with Gasteiger partial charge in [0.2, 0.25) is 22.7 Å². The number of amides is 1. The van der Waals surface area contributed by atoms with Gasteiger partial charge in [-0.1, -0.05) is 13.0 Å². The summed E-state index contributed by atoms with van der Waals surface area (Å²) in [5, 5.41) is 2.76. The second-order valence-electron chi connectivity index (χ2n) is 6.36. The number of fused-ring (bicyclic) bond motifs is 1. The van der Waals surface area contributed by atoms with Crippen molar-refractivity contribution in [2.75, 3.05) is 17.4 Å². The van der Waals surface area contributed by atoms with Crippen molar-refractivity contribution in [2.45, 2.75) is 25.9 Å². The maximum Gasteiger partial charge on any atom is 0.244 e. The Morgan fingerprint density at radius 1 is 1.18 bits per heavy atom. The zero-order chi connectivity index (χ0) is 20.3. The van der Waals surface area contributed by atoms with Crippen molar-refractivity contribution >= 4 is 21.6 Å². The first kappa shape index (κ1) is 19.9. The zero-order valence-electron chi connectivity index (χ0n) is 15.5. The molecule has 1 amide bonds. The number of halogens is 1. The molecule has 28 heavy (non-hydrogen) atoms. The van der Waals surface area contributed by atoms with E-state index in [1.807, 2.05) is 0 Å². The fourth-order valence-electron chi connectivity index (χ4n) is 3.01. The largest absolute Gasteiger partial charge is 0.454 e. The second kappa shape index (κ2) is 8.05. The summed E-state index contributed by atoms with van der Waals surface area (Å²) in [6.07, 6.45) is 1.27. The van der Waals surface area contributed by atoms with Gasteiger partial charge in [0.05, 0.1) is 11.9 Å². The van der Waals surface area contributed by atoms with Crippen molar-refractivity contribution in [3.05, 3.63) is 53.8 Å².